The molecule has 6 rings (SSSR count). The summed E-state index contributed by atoms with van der Waals surface area (Å²) in [7, 11) is -1.96. The molecule has 182 valence electrons. The van der Waals surface area contributed by atoms with Crippen molar-refractivity contribution < 1.29 is 0 Å². The van der Waals surface area contributed by atoms with Gasteiger partial charge >= 0.3 is 0 Å². The molecule has 0 spiro atoms. The Morgan fingerprint density at radius 2 is 1.00 bits per heavy atom. The molecule has 0 amide bonds. The van der Waals surface area contributed by atoms with Crippen molar-refractivity contribution >= 4 is 18.4 Å². The Balaban J connectivity index is 1.44. The third-order valence-electron chi connectivity index (χ3n) is 8.92. The summed E-state index contributed by atoms with van der Waals surface area (Å²) < 4.78 is 0. The van der Waals surface area contributed by atoms with E-state index < -0.39 is 8.07 Å². The summed E-state index contributed by atoms with van der Waals surface area (Å²) in [6, 6.07) is 33.9. The van der Waals surface area contributed by atoms with Crippen LogP contribution in [-0.2, 0) is 12.8 Å². The first-order chi connectivity index (χ1) is 17.7. The summed E-state index contributed by atoms with van der Waals surface area (Å²) >= 11 is 0. The van der Waals surface area contributed by atoms with Crippen molar-refractivity contribution in [2.24, 2.45) is 0 Å². The number of fused-ring (bicyclic) bond motifs is 6. The second-order valence-electron chi connectivity index (χ2n) is 11.2. The highest BCUT2D eigenvalue weighted by Crippen LogP contribution is 2.39. The molecular weight excluding hydrogens is 448 g/mol. The van der Waals surface area contributed by atoms with E-state index in [1.54, 1.807) is 21.5 Å². The van der Waals surface area contributed by atoms with Gasteiger partial charge in [0.2, 0.25) is 0 Å². The third-order valence-corrected chi connectivity index (χ3v) is 13.6. The largest absolute Gasteiger partial charge is 0.116 e. The van der Waals surface area contributed by atoms with Crippen LogP contribution in [0.4, 0.5) is 0 Å². The van der Waals surface area contributed by atoms with Crippen molar-refractivity contribution in [3.8, 4) is 22.3 Å². The van der Waals surface area contributed by atoms with Crippen LogP contribution in [0, 0.1) is 0 Å². The molecule has 0 aromatic heterocycles. The van der Waals surface area contributed by atoms with Crippen molar-refractivity contribution in [3.05, 3.63) is 107 Å². The molecule has 0 fully saturated rings. The molecule has 2 aliphatic carbocycles. The molecule has 0 saturated heterocycles. The second kappa shape index (κ2) is 9.86. The maximum Gasteiger partial charge on any atom is 0.116 e. The minimum Gasteiger partial charge on any atom is -0.0654 e. The number of rotatable bonds is 9. The fourth-order valence-corrected chi connectivity index (χ4v) is 11.5. The van der Waals surface area contributed by atoms with Crippen LogP contribution >= 0.6 is 0 Å². The predicted octanol–water partition coefficient (Wildman–Crippen LogP) is 8.38. The number of unbranched alkanes of at least 4 members (excludes halogenated alkanes) is 5. The first-order valence-electron chi connectivity index (χ1n) is 14.1. The van der Waals surface area contributed by atoms with E-state index in [0.717, 1.165) is 12.8 Å². The van der Waals surface area contributed by atoms with Crippen LogP contribution in [-0.4, -0.2) is 8.07 Å². The van der Waals surface area contributed by atoms with E-state index in [-0.39, 0.29) is 0 Å². The zero-order valence-electron chi connectivity index (χ0n) is 21.9. The summed E-state index contributed by atoms with van der Waals surface area (Å²) in [6.07, 6.45) is 10.4. The van der Waals surface area contributed by atoms with E-state index in [0.29, 0.717) is 0 Å². The van der Waals surface area contributed by atoms with Gasteiger partial charge < -0.3 is 0 Å². The molecular formula is C35H38Si. The molecule has 4 aromatic rings. The average Bonchev–Trinajstić information content (AvgIpc) is 3.49. The lowest BCUT2D eigenvalue weighted by molar-refractivity contribution is 0.623. The Morgan fingerprint density at radius 3 is 1.56 bits per heavy atom. The van der Waals surface area contributed by atoms with E-state index in [1.807, 2.05) is 0 Å². The number of benzene rings is 4. The van der Waals surface area contributed by atoms with Crippen LogP contribution in [0.5, 0.6) is 0 Å². The van der Waals surface area contributed by atoms with Crippen LogP contribution in [0.25, 0.3) is 22.3 Å². The van der Waals surface area contributed by atoms with Crippen LogP contribution < -0.4 is 10.4 Å². The quantitative estimate of drug-likeness (QED) is 0.142. The summed E-state index contributed by atoms with van der Waals surface area (Å²) in [4.78, 5) is 0. The topological polar surface area (TPSA) is 0 Å². The van der Waals surface area contributed by atoms with Gasteiger partial charge in [0.1, 0.15) is 8.07 Å². The van der Waals surface area contributed by atoms with Gasteiger partial charge in [-0.3, -0.25) is 0 Å². The minimum atomic E-state index is -1.96. The highest BCUT2D eigenvalue weighted by atomic mass is 28.3. The average molecular weight is 487 g/mol. The van der Waals surface area contributed by atoms with Gasteiger partial charge in [0.05, 0.1) is 0 Å². The number of hydrogen-bond donors (Lipinski definition) is 0. The van der Waals surface area contributed by atoms with Crippen molar-refractivity contribution in [2.75, 3.05) is 0 Å². The van der Waals surface area contributed by atoms with Crippen molar-refractivity contribution in [2.45, 2.75) is 70.9 Å². The van der Waals surface area contributed by atoms with Gasteiger partial charge in [-0.1, -0.05) is 147 Å². The van der Waals surface area contributed by atoms with Gasteiger partial charge in [-0.25, -0.2) is 0 Å². The molecule has 0 nitrogen and oxygen atoms in total. The smallest absolute Gasteiger partial charge is 0.0654 e. The van der Waals surface area contributed by atoms with E-state index in [1.165, 1.54) is 77.9 Å². The van der Waals surface area contributed by atoms with Gasteiger partial charge in [0.25, 0.3) is 0 Å². The summed E-state index contributed by atoms with van der Waals surface area (Å²) in [5.41, 5.74) is 12.1. The van der Waals surface area contributed by atoms with E-state index in [9.17, 15) is 0 Å². The lowest BCUT2D eigenvalue weighted by Crippen LogP contribution is -2.58. The van der Waals surface area contributed by atoms with E-state index >= 15 is 0 Å². The monoisotopic (exact) mass is 486 g/mol. The van der Waals surface area contributed by atoms with Crippen LogP contribution in [0.3, 0.4) is 0 Å². The lowest BCUT2D eigenvalue weighted by atomic mass is 10.1. The number of hydrogen-bond acceptors (Lipinski definition) is 0. The molecule has 0 saturated carbocycles. The molecule has 0 bridgehead atoms. The Labute approximate surface area is 218 Å². The van der Waals surface area contributed by atoms with E-state index in [4.69, 9.17) is 0 Å². The molecule has 4 aromatic carbocycles. The molecule has 0 heterocycles. The van der Waals surface area contributed by atoms with Crippen LogP contribution in [0.15, 0.2) is 84.9 Å². The Bertz CT molecular complexity index is 1300. The van der Waals surface area contributed by atoms with Gasteiger partial charge in [-0.2, -0.15) is 0 Å². The standard InChI is InChI=1S/C35H38Si/c1-3-4-5-6-7-12-23-36(2,34-21-13-19-30-28-17-10-8-15-26(28)24-32(30)34)35-22-14-20-31-29-18-11-9-16-27(29)25-33(31)35/h8-11,13-22H,3-7,12,23-25H2,1-2H3. The van der Waals surface area contributed by atoms with Gasteiger partial charge in [-0.15, -0.1) is 0 Å². The zero-order valence-corrected chi connectivity index (χ0v) is 22.9. The predicted molar refractivity (Wildman–Crippen MR) is 158 cm³/mol. The molecule has 0 aliphatic heterocycles. The maximum atomic E-state index is 2.69. The fourth-order valence-electron chi connectivity index (χ4n) is 7.02. The fraction of sp³-hybridized carbons (Fsp3) is 0.314. The van der Waals surface area contributed by atoms with Gasteiger partial charge in [0.15, 0.2) is 0 Å². The highest BCUT2D eigenvalue weighted by Gasteiger charge is 2.38. The third kappa shape index (κ3) is 3.98. The Hall–Kier alpha value is -2.90. The molecule has 36 heavy (non-hydrogen) atoms. The van der Waals surface area contributed by atoms with Gasteiger partial charge in [-0.05, 0) is 63.4 Å². The molecule has 1 heteroatoms. The molecule has 0 atom stereocenters. The van der Waals surface area contributed by atoms with Crippen LogP contribution in [0.1, 0.15) is 67.7 Å². The van der Waals surface area contributed by atoms with Crippen molar-refractivity contribution in [3.63, 3.8) is 0 Å². The van der Waals surface area contributed by atoms with E-state index in [2.05, 4.69) is 98.4 Å². The molecule has 0 unspecified atom stereocenters. The second-order valence-corrected chi connectivity index (χ2v) is 15.4. The Morgan fingerprint density at radius 1 is 0.528 bits per heavy atom. The summed E-state index contributed by atoms with van der Waals surface area (Å²) in [5, 5.41) is 3.38. The first-order valence-corrected chi connectivity index (χ1v) is 16.8. The maximum absolute atomic E-state index is 2.69. The summed E-state index contributed by atoms with van der Waals surface area (Å²) in [5.74, 6) is 0. The van der Waals surface area contributed by atoms with Crippen molar-refractivity contribution in [1.82, 2.24) is 0 Å². The minimum absolute atomic E-state index is 1.09. The summed E-state index contributed by atoms with van der Waals surface area (Å²) in [6.45, 7) is 5.00. The molecule has 2 aliphatic rings. The molecule has 0 N–H and O–H groups in total. The van der Waals surface area contributed by atoms with Gasteiger partial charge in [0, 0.05) is 0 Å². The SMILES string of the molecule is CCCCCCCC[Si](C)(c1cccc2c1Cc1ccccc1-2)c1cccc2c1Cc1ccccc1-2. The Kier molecular flexibility index (Phi) is 6.44. The first kappa shape index (κ1) is 23.5. The molecule has 0 radical (unpaired) electrons. The normalized spacial score (nSPS) is 13.3. The highest BCUT2D eigenvalue weighted by molar-refractivity contribution is 7.02. The lowest BCUT2D eigenvalue weighted by Gasteiger charge is -2.33. The van der Waals surface area contributed by atoms with Crippen molar-refractivity contribution in [1.29, 1.82) is 0 Å². The van der Waals surface area contributed by atoms with Crippen LogP contribution in [0.2, 0.25) is 12.6 Å². The zero-order chi connectivity index (χ0) is 24.5.